The number of anilines is 1. The number of para-hydroxylation sites is 1. The second-order valence-electron chi connectivity index (χ2n) is 4.83. The molecule has 7 nitrogen and oxygen atoms in total. The van der Waals surface area contributed by atoms with Crippen LogP contribution in [0.5, 0.6) is 5.75 Å². The minimum atomic E-state index is -1.05. The van der Waals surface area contributed by atoms with E-state index in [1.165, 1.54) is 31.2 Å². The third-order valence-corrected chi connectivity index (χ3v) is 3.14. The Balaban J connectivity index is 2.12. The molecule has 0 aromatic heterocycles. The van der Waals surface area contributed by atoms with E-state index in [4.69, 9.17) is 4.74 Å². The third-order valence-electron chi connectivity index (χ3n) is 3.14. The van der Waals surface area contributed by atoms with Gasteiger partial charge in [-0.3, -0.25) is 19.7 Å². The number of halogens is 1. The van der Waals surface area contributed by atoms with Crippen molar-refractivity contribution in [1.82, 2.24) is 0 Å². The van der Waals surface area contributed by atoms with Crippen molar-refractivity contribution in [3.8, 4) is 5.75 Å². The summed E-state index contributed by atoms with van der Waals surface area (Å²) < 4.78 is 18.9. The monoisotopic (exact) mass is 332 g/mol. The molecule has 1 N–H and O–H groups in total. The first kappa shape index (κ1) is 17.1. The number of non-ortho nitro benzene ring substituents is 1. The largest absolute Gasteiger partial charge is 0.480 e. The first-order valence-electron chi connectivity index (χ1n) is 6.88. The van der Waals surface area contributed by atoms with Crippen LogP contribution in [0.15, 0.2) is 42.5 Å². The molecule has 0 heterocycles. The quantitative estimate of drug-likeness (QED) is 0.498. The van der Waals surface area contributed by atoms with Crippen molar-refractivity contribution in [2.24, 2.45) is 0 Å². The number of amides is 1. The van der Waals surface area contributed by atoms with Gasteiger partial charge in [-0.25, -0.2) is 4.39 Å². The van der Waals surface area contributed by atoms with Crippen LogP contribution in [0.4, 0.5) is 15.8 Å². The summed E-state index contributed by atoms with van der Waals surface area (Å²) in [5.74, 6) is -1.20. The Morgan fingerprint density at radius 1 is 1.33 bits per heavy atom. The second-order valence-corrected chi connectivity index (χ2v) is 4.83. The molecule has 0 aliphatic heterocycles. The number of hydrogen-bond donors (Lipinski definition) is 1. The number of benzene rings is 2. The normalized spacial score (nSPS) is 11.4. The molecule has 0 aliphatic rings. The highest BCUT2D eigenvalue weighted by Crippen LogP contribution is 2.24. The summed E-state index contributed by atoms with van der Waals surface area (Å²) in [5, 5.41) is 13.1. The third kappa shape index (κ3) is 3.92. The molecule has 8 heteroatoms. The van der Waals surface area contributed by atoms with Crippen LogP contribution in [-0.2, 0) is 4.79 Å². The van der Waals surface area contributed by atoms with Gasteiger partial charge in [-0.15, -0.1) is 0 Å². The number of nitrogens with one attached hydrogen (secondary N) is 1. The van der Waals surface area contributed by atoms with Crippen LogP contribution in [0.1, 0.15) is 17.3 Å². The van der Waals surface area contributed by atoms with Gasteiger partial charge in [0.2, 0.25) is 0 Å². The molecule has 0 saturated heterocycles. The Kier molecular flexibility index (Phi) is 5.20. The summed E-state index contributed by atoms with van der Waals surface area (Å²) >= 11 is 0. The number of carbonyl (C=O) groups is 2. The molecule has 2 aromatic rings. The highest BCUT2D eigenvalue weighted by atomic mass is 19.1. The van der Waals surface area contributed by atoms with E-state index in [1.54, 1.807) is 6.07 Å². The molecular formula is C16H13FN2O5. The van der Waals surface area contributed by atoms with E-state index in [-0.39, 0.29) is 22.7 Å². The number of ether oxygens (including phenoxy) is 1. The summed E-state index contributed by atoms with van der Waals surface area (Å²) in [7, 11) is 0. The molecule has 1 atom stereocenters. The van der Waals surface area contributed by atoms with Crippen LogP contribution < -0.4 is 10.1 Å². The van der Waals surface area contributed by atoms with Crippen LogP contribution >= 0.6 is 0 Å². The maximum Gasteiger partial charge on any atom is 0.270 e. The highest BCUT2D eigenvalue weighted by molar-refractivity contribution is 5.94. The Morgan fingerprint density at radius 2 is 2.04 bits per heavy atom. The molecule has 1 amide bonds. The van der Waals surface area contributed by atoms with E-state index >= 15 is 0 Å². The number of nitrogens with zero attached hydrogens (tertiary/aromatic N) is 1. The van der Waals surface area contributed by atoms with E-state index < -0.39 is 22.8 Å². The fraction of sp³-hybridized carbons (Fsp3) is 0.125. The van der Waals surface area contributed by atoms with Crippen molar-refractivity contribution in [1.29, 1.82) is 0 Å². The summed E-state index contributed by atoms with van der Waals surface area (Å²) in [6, 6.07) is 9.07. The molecule has 2 aromatic carbocycles. The van der Waals surface area contributed by atoms with Gasteiger partial charge in [-0.1, -0.05) is 12.1 Å². The van der Waals surface area contributed by atoms with Gasteiger partial charge in [-0.2, -0.15) is 0 Å². The first-order chi connectivity index (χ1) is 11.4. The average Bonchev–Trinajstić information content (AvgIpc) is 2.56. The van der Waals surface area contributed by atoms with Gasteiger partial charge in [0.1, 0.15) is 11.6 Å². The fourth-order valence-corrected chi connectivity index (χ4v) is 1.89. The fourth-order valence-electron chi connectivity index (χ4n) is 1.89. The van der Waals surface area contributed by atoms with Gasteiger partial charge < -0.3 is 10.1 Å². The summed E-state index contributed by atoms with van der Waals surface area (Å²) in [4.78, 5) is 33.1. The minimum Gasteiger partial charge on any atom is -0.480 e. The van der Waals surface area contributed by atoms with E-state index in [0.717, 1.165) is 12.1 Å². The topological polar surface area (TPSA) is 98.5 Å². The smallest absolute Gasteiger partial charge is 0.270 e. The number of nitro benzene ring substituents is 1. The molecular weight excluding hydrogens is 319 g/mol. The molecule has 0 radical (unpaired) electrons. The van der Waals surface area contributed by atoms with E-state index in [9.17, 15) is 24.1 Å². The molecule has 0 aliphatic carbocycles. The van der Waals surface area contributed by atoms with E-state index in [2.05, 4.69) is 5.32 Å². The number of carbonyl (C=O) groups excluding carboxylic acids is 2. The van der Waals surface area contributed by atoms with Gasteiger partial charge in [0.25, 0.3) is 11.6 Å². The Labute approximate surface area is 136 Å². The Bertz CT molecular complexity index is 794. The Morgan fingerprint density at radius 3 is 2.67 bits per heavy atom. The van der Waals surface area contributed by atoms with Crippen LogP contribution in [0.3, 0.4) is 0 Å². The molecule has 0 unspecified atom stereocenters. The van der Waals surface area contributed by atoms with Crippen molar-refractivity contribution in [2.45, 2.75) is 13.0 Å². The van der Waals surface area contributed by atoms with Crippen molar-refractivity contribution in [3.05, 3.63) is 64.0 Å². The maximum atomic E-state index is 13.5. The number of rotatable bonds is 6. The predicted octanol–water partition coefficient (Wildman–Crippen LogP) is 2.95. The standard InChI is InChI=1S/C16H13FN2O5/c1-10(16(21)18-14-5-3-2-4-13(14)17)24-15-7-6-12(19(22)23)8-11(15)9-20/h2-10H,1H3,(H,18,21)/t10-/m1/s1. The van der Waals surface area contributed by atoms with Crippen LogP contribution in [0.2, 0.25) is 0 Å². The average molecular weight is 332 g/mol. The first-order valence-corrected chi connectivity index (χ1v) is 6.88. The summed E-state index contributed by atoms with van der Waals surface area (Å²) in [6.45, 7) is 1.41. The van der Waals surface area contributed by atoms with Gasteiger partial charge >= 0.3 is 0 Å². The van der Waals surface area contributed by atoms with Crippen molar-refractivity contribution in [3.63, 3.8) is 0 Å². The predicted molar refractivity (Wildman–Crippen MR) is 83.6 cm³/mol. The molecule has 24 heavy (non-hydrogen) atoms. The second kappa shape index (κ2) is 7.32. The molecule has 0 saturated carbocycles. The van der Waals surface area contributed by atoms with Crippen LogP contribution in [0, 0.1) is 15.9 Å². The molecule has 2 rings (SSSR count). The zero-order valence-electron chi connectivity index (χ0n) is 12.6. The van der Waals surface area contributed by atoms with Gasteiger partial charge in [0.05, 0.1) is 16.2 Å². The summed E-state index contributed by atoms with van der Waals surface area (Å²) in [6.07, 6.45) is -0.658. The zero-order valence-corrected chi connectivity index (χ0v) is 12.6. The lowest BCUT2D eigenvalue weighted by Gasteiger charge is -2.16. The lowest BCUT2D eigenvalue weighted by molar-refractivity contribution is -0.384. The van der Waals surface area contributed by atoms with Crippen molar-refractivity contribution >= 4 is 23.6 Å². The maximum absolute atomic E-state index is 13.5. The Hall–Kier alpha value is -3.29. The van der Waals surface area contributed by atoms with Crippen LogP contribution in [-0.4, -0.2) is 23.2 Å². The minimum absolute atomic E-state index is 0.00254. The molecule has 0 fully saturated rings. The molecule has 0 spiro atoms. The lowest BCUT2D eigenvalue weighted by atomic mass is 10.2. The van der Waals surface area contributed by atoms with E-state index in [0.29, 0.717) is 6.29 Å². The highest BCUT2D eigenvalue weighted by Gasteiger charge is 2.19. The van der Waals surface area contributed by atoms with E-state index in [1.807, 2.05) is 0 Å². The number of nitro groups is 1. The van der Waals surface area contributed by atoms with Crippen molar-refractivity contribution in [2.75, 3.05) is 5.32 Å². The van der Waals surface area contributed by atoms with Gasteiger partial charge in [0.15, 0.2) is 12.4 Å². The zero-order chi connectivity index (χ0) is 17.7. The molecule has 0 bridgehead atoms. The van der Waals surface area contributed by atoms with Gasteiger partial charge in [-0.05, 0) is 25.1 Å². The summed E-state index contributed by atoms with van der Waals surface area (Å²) in [5.41, 5.74) is -0.333. The lowest BCUT2D eigenvalue weighted by Crippen LogP contribution is -2.30. The van der Waals surface area contributed by atoms with Crippen molar-refractivity contribution < 1.29 is 23.6 Å². The number of hydrogen-bond acceptors (Lipinski definition) is 5. The van der Waals surface area contributed by atoms with Gasteiger partial charge in [0, 0.05) is 12.1 Å². The molecule has 124 valence electrons. The SMILES string of the molecule is C[C@@H](Oc1ccc([N+](=O)[O-])cc1C=O)C(=O)Nc1ccccc1F. The van der Waals surface area contributed by atoms with Crippen LogP contribution in [0.25, 0.3) is 0 Å². The number of aldehydes is 1.